The minimum Gasteiger partial charge on any atom is -0.370 e. The van der Waals surface area contributed by atoms with E-state index in [0.29, 0.717) is 0 Å². The van der Waals surface area contributed by atoms with Crippen LogP contribution < -0.4 is 5.32 Å². The maximum Gasteiger partial charge on any atom is 0.156 e. The summed E-state index contributed by atoms with van der Waals surface area (Å²) in [7, 11) is 0. The van der Waals surface area contributed by atoms with Gasteiger partial charge in [-0.3, -0.25) is 0 Å². The van der Waals surface area contributed by atoms with Gasteiger partial charge in [-0.2, -0.15) is 0 Å². The number of thiazole rings is 1. The van der Waals surface area contributed by atoms with Crippen molar-refractivity contribution in [1.82, 2.24) is 9.97 Å². The number of hydrogen-bond donors (Lipinski definition) is 1. The topological polar surface area (TPSA) is 37.8 Å². The van der Waals surface area contributed by atoms with Gasteiger partial charge < -0.3 is 5.32 Å². The minimum absolute atomic E-state index is 0.887. The van der Waals surface area contributed by atoms with Crippen LogP contribution in [0.2, 0.25) is 0 Å². The quantitative estimate of drug-likeness (QED) is 0.886. The lowest BCUT2D eigenvalue weighted by atomic mass is 10.4. The van der Waals surface area contributed by atoms with Gasteiger partial charge in [0.25, 0.3) is 0 Å². The molecule has 0 bridgehead atoms. The largest absolute Gasteiger partial charge is 0.370 e. The van der Waals surface area contributed by atoms with Gasteiger partial charge >= 0.3 is 0 Å². The molecule has 5 heteroatoms. The summed E-state index contributed by atoms with van der Waals surface area (Å²) >= 11 is 3.22. The molecule has 0 aliphatic carbocycles. The highest BCUT2D eigenvalue weighted by Crippen LogP contribution is 2.28. The molecule has 0 fully saturated rings. The van der Waals surface area contributed by atoms with E-state index in [4.69, 9.17) is 0 Å². The standard InChI is InChI=1S/C10H11N3S2/c1-2-11-8-4-3-5-9(13-8)15-10-12-6-7-14-10/h3-7H,2H2,1H3,(H,11,13). The molecule has 1 N–H and O–H groups in total. The lowest BCUT2D eigenvalue weighted by molar-refractivity contribution is 1.08. The van der Waals surface area contributed by atoms with Gasteiger partial charge in [-0.15, -0.1) is 11.3 Å². The Bertz CT molecular complexity index is 414. The Kier molecular flexibility index (Phi) is 3.58. The van der Waals surface area contributed by atoms with E-state index in [0.717, 1.165) is 21.7 Å². The van der Waals surface area contributed by atoms with E-state index in [1.165, 1.54) is 0 Å². The molecule has 3 nitrogen and oxygen atoms in total. The van der Waals surface area contributed by atoms with Crippen molar-refractivity contribution >= 4 is 28.9 Å². The normalized spacial score (nSPS) is 10.2. The lowest BCUT2D eigenvalue weighted by Crippen LogP contribution is -1.98. The number of aromatic nitrogens is 2. The molecule has 15 heavy (non-hydrogen) atoms. The van der Waals surface area contributed by atoms with E-state index in [9.17, 15) is 0 Å². The van der Waals surface area contributed by atoms with E-state index < -0.39 is 0 Å². The Morgan fingerprint density at radius 3 is 3.13 bits per heavy atom. The highest BCUT2D eigenvalue weighted by atomic mass is 32.2. The molecule has 2 heterocycles. The fraction of sp³-hybridized carbons (Fsp3) is 0.200. The second-order valence-electron chi connectivity index (χ2n) is 2.79. The summed E-state index contributed by atoms with van der Waals surface area (Å²) in [5.74, 6) is 0.916. The van der Waals surface area contributed by atoms with Gasteiger partial charge in [-0.1, -0.05) is 6.07 Å². The van der Waals surface area contributed by atoms with Crippen LogP contribution in [0.1, 0.15) is 6.92 Å². The summed E-state index contributed by atoms with van der Waals surface area (Å²) in [6, 6.07) is 5.96. The number of nitrogens with one attached hydrogen (secondary N) is 1. The Hall–Kier alpha value is -1.07. The minimum atomic E-state index is 0.887. The zero-order valence-electron chi connectivity index (χ0n) is 8.30. The third-order valence-electron chi connectivity index (χ3n) is 1.68. The van der Waals surface area contributed by atoms with E-state index >= 15 is 0 Å². The third kappa shape index (κ3) is 2.94. The van der Waals surface area contributed by atoms with Crippen LogP contribution in [0.5, 0.6) is 0 Å². The average molecular weight is 237 g/mol. The highest BCUT2D eigenvalue weighted by Gasteiger charge is 2.01. The van der Waals surface area contributed by atoms with Crippen LogP contribution in [0.25, 0.3) is 0 Å². The fourth-order valence-corrected chi connectivity index (χ4v) is 2.66. The van der Waals surface area contributed by atoms with Crippen LogP contribution >= 0.6 is 23.1 Å². The van der Waals surface area contributed by atoms with Crippen molar-refractivity contribution in [1.29, 1.82) is 0 Å². The molecular weight excluding hydrogens is 226 g/mol. The van der Waals surface area contributed by atoms with Gasteiger partial charge in [-0.05, 0) is 30.8 Å². The summed E-state index contributed by atoms with van der Waals surface area (Å²) < 4.78 is 1.02. The van der Waals surface area contributed by atoms with Gasteiger partial charge in [0.2, 0.25) is 0 Å². The van der Waals surface area contributed by atoms with E-state index in [1.807, 2.05) is 23.6 Å². The molecule has 78 valence electrons. The maximum absolute atomic E-state index is 4.46. The number of anilines is 1. The van der Waals surface area contributed by atoms with Crippen molar-refractivity contribution in [2.75, 3.05) is 11.9 Å². The van der Waals surface area contributed by atoms with E-state index in [2.05, 4.69) is 22.2 Å². The predicted molar refractivity (Wildman–Crippen MR) is 64.6 cm³/mol. The van der Waals surface area contributed by atoms with Crippen molar-refractivity contribution < 1.29 is 0 Å². The first-order valence-electron chi connectivity index (χ1n) is 4.67. The fourth-order valence-electron chi connectivity index (χ4n) is 1.10. The monoisotopic (exact) mass is 237 g/mol. The van der Waals surface area contributed by atoms with E-state index in [-0.39, 0.29) is 0 Å². The molecule has 0 aromatic carbocycles. The van der Waals surface area contributed by atoms with Crippen LogP contribution in [0.3, 0.4) is 0 Å². The lowest BCUT2D eigenvalue weighted by Gasteiger charge is -2.03. The van der Waals surface area contributed by atoms with Crippen molar-refractivity contribution in [3.63, 3.8) is 0 Å². The van der Waals surface area contributed by atoms with Gasteiger partial charge in [0.05, 0.1) is 0 Å². The molecule has 0 aliphatic heterocycles. The molecule has 0 saturated carbocycles. The second-order valence-corrected chi connectivity index (χ2v) is 4.95. The zero-order valence-corrected chi connectivity index (χ0v) is 9.94. The average Bonchev–Trinajstić information content (AvgIpc) is 2.71. The first-order chi connectivity index (χ1) is 7.38. The van der Waals surface area contributed by atoms with Crippen LogP contribution in [0, 0.1) is 0 Å². The Morgan fingerprint density at radius 2 is 2.40 bits per heavy atom. The maximum atomic E-state index is 4.46. The number of rotatable bonds is 4. The summed E-state index contributed by atoms with van der Waals surface area (Å²) in [6.07, 6.45) is 1.81. The van der Waals surface area contributed by atoms with Crippen LogP contribution in [0.15, 0.2) is 39.1 Å². The molecule has 0 atom stereocenters. The predicted octanol–water partition coefficient (Wildman–Crippen LogP) is 3.12. The van der Waals surface area contributed by atoms with Crippen molar-refractivity contribution in [3.05, 3.63) is 29.8 Å². The number of hydrogen-bond acceptors (Lipinski definition) is 5. The summed E-state index contributed by atoms with van der Waals surface area (Å²) in [5, 5.41) is 6.13. The van der Waals surface area contributed by atoms with Crippen LogP contribution in [0.4, 0.5) is 5.82 Å². The molecule has 2 rings (SSSR count). The van der Waals surface area contributed by atoms with Crippen molar-refractivity contribution in [3.8, 4) is 0 Å². The molecule has 2 aromatic heterocycles. The Morgan fingerprint density at radius 1 is 1.47 bits per heavy atom. The third-order valence-corrected chi connectivity index (χ3v) is 3.50. The van der Waals surface area contributed by atoms with Crippen LogP contribution in [-0.2, 0) is 0 Å². The summed E-state index contributed by atoms with van der Waals surface area (Å²) in [6.45, 7) is 2.95. The highest BCUT2D eigenvalue weighted by molar-refractivity contribution is 8.00. The molecule has 0 radical (unpaired) electrons. The molecule has 0 unspecified atom stereocenters. The first kappa shape index (κ1) is 10.4. The molecule has 2 aromatic rings. The smallest absolute Gasteiger partial charge is 0.156 e. The Labute approximate surface area is 97.0 Å². The van der Waals surface area contributed by atoms with Gasteiger partial charge in [-0.25, -0.2) is 9.97 Å². The van der Waals surface area contributed by atoms with Crippen LogP contribution in [-0.4, -0.2) is 16.5 Å². The molecular formula is C10H11N3S2. The van der Waals surface area contributed by atoms with Gasteiger partial charge in [0.1, 0.15) is 10.8 Å². The van der Waals surface area contributed by atoms with Crippen molar-refractivity contribution in [2.24, 2.45) is 0 Å². The SMILES string of the molecule is CCNc1cccc(Sc2nccs2)n1. The second kappa shape index (κ2) is 5.14. The molecule has 0 amide bonds. The van der Waals surface area contributed by atoms with Gasteiger partial charge in [0, 0.05) is 18.1 Å². The summed E-state index contributed by atoms with van der Waals surface area (Å²) in [4.78, 5) is 8.66. The number of pyridine rings is 1. The molecule has 0 spiro atoms. The van der Waals surface area contributed by atoms with Gasteiger partial charge in [0.15, 0.2) is 4.34 Å². The van der Waals surface area contributed by atoms with E-state index in [1.54, 1.807) is 29.3 Å². The number of nitrogens with zero attached hydrogens (tertiary/aromatic N) is 2. The van der Waals surface area contributed by atoms with Crippen molar-refractivity contribution in [2.45, 2.75) is 16.3 Å². The molecule has 0 aliphatic rings. The summed E-state index contributed by atoms with van der Waals surface area (Å²) in [5.41, 5.74) is 0. The first-order valence-corrected chi connectivity index (χ1v) is 6.36. The molecule has 0 saturated heterocycles. The Balaban J connectivity index is 2.11. The zero-order chi connectivity index (χ0) is 10.5.